The molecule has 1 aliphatic rings. The number of nitrogens with zero attached hydrogens (tertiary/aromatic N) is 1. The minimum atomic E-state index is -0.246. The number of thiazole rings is 1. The lowest BCUT2D eigenvalue weighted by molar-refractivity contribution is -0.151. The first kappa shape index (κ1) is 18.0. The second-order valence-electron chi connectivity index (χ2n) is 6.35. The smallest absolute Gasteiger partial charge is 0.312 e. The van der Waals surface area contributed by atoms with Crippen LogP contribution in [0.4, 0.5) is 4.39 Å². The van der Waals surface area contributed by atoms with Gasteiger partial charge in [0.05, 0.1) is 23.2 Å². The van der Waals surface area contributed by atoms with Crippen molar-refractivity contribution in [3.8, 4) is 0 Å². The molecule has 1 saturated carbocycles. The maximum Gasteiger partial charge on any atom is 0.312 e. The molecule has 0 N–H and O–H groups in total. The topological polar surface area (TPSA) is 48.4 Å². The van der Waals surface area contributed by atoms with Crippen molar-refractivity contribution in [3.63, 3.8) is 0 Å². The van der Waals surface area contributed by atoms with Crippen LogP contribution < -0.4 is 0 Å². The molecule has 0 radical (unpaired) electrons. The van der Waals surface area contributed by atoms with E-state index < -0.39 is 0 Å². The quantitative estimate of drug-likeness (QED) is 0.730. The Labute approximate surface area is 151 Å². The lowest BCUT2D eigenvalue weighted by Gasteiger charge is -2.27. The van der Waals surface area contributed by atoms with Crippen LogP contribution in [0.25, 0.3) is 0 Å². The molecule has 0 spiro atoms. The van der Waals surface area contributed by atoms with Crippen LogP contribution in [0.1, 0.15) is 41.9 Å². The summed E-state index contributed by atoms with van der Waals surface area (Å²) in [5.41, 5.74) is 1.73. The van der Waals surface area contributed by atoms with Gasteiger partial charge in [-0.2, -0.15) is 0 Å². The Bertz CT molecular complexity index is 701. The van der Waals surface area contributed by atoms with Crippen LogP contribution in [0.5, 0.6) is 0 Å². The highest BCUT2D eigenvalue weighted by molar-refractivity contribution is 7.09. The molecule has 2 atom stereocenters. The predicted molar refractivity (Wildman–Crippen MR) is 94.2 cm³/mol. The molecular weight excluding hydrogens is 341 g/mol. The number of rotatable bonds is 6. The summed E-state index contributed by atoms with van der Waals surface area (Å²) in [7, 11) is 1.70. The van der Waals surface area contributed by atoms with Gasteiger partial charge < -0.3 is 9.47 Å². The number of esters is 1. The van der Waals surface area contributed by atoms with Gasteiger partial charge in [-0.05, 0) is 37.0 Å². The molecule has 134 valence electrons. The van der Waals surface area contributed by atoms with Crippen LogP contribution in [0.15, 0.2) is 29.6 Å². The Kier molecular flexibility index (Phi) is 6.15. The van der Waals surface area contributed by atoms with Crippen molar-refractivity contribution >= 4 is 17.3 Å². The standard InChI is InChI=1S/C19H22FNO3S/c1-23-16-3-2-4-17(11-16)24-19(22)10-15-12-25-18(21-15)9-13-5-7-14(20)8-6-13/h5-8,12,16-17H,2-4,9-11H2,1H3/t16-,17-/m0/s1. The second kappa shape index (κ2) is 8.54. The van der Waals surface area contributed by atoms with Gasteiger partial charge >= 0.3 is 5.97 Å². The third-order valence-corrected chi connectivity index (χ3v) is 5.30. The van der Waals surface area contributed by atoms with Crippen molar-refractivity contribution < 1.29 is 18.7 Å². The molecule has 0 amide bonds. The Morgan fingerprint density at radius 1 is 1.28 bits per heavy atom. The number of carbonyl (C=O) groups excluding carboxylic acids is 1. The number of ether oxygens (including phenoxy) is 2. The summed E-state index contributed by atoms with van der Waals surface area (Å²) in [6, 6.07) is 6.39. The van der Waals surface area contributed by atoms with Crippen LogP contribution in [0, 0.1) is 5.82 Å². The zero-order valence-corrected chi connectivity index (χ0v) is 15.1. The summed E-state index contributed by atoms with van der Waals surface area (Å²) in [4.78, 5) is 16.6. The van der Waals surface area contributed by atoms with E-state index in [1.165, 1.54) is 23.5 Å². The summed E-state index contributed by atoms with van der Waals surface area (Å²) in [6.07, 6.45) is 4.69. The molecule has 4 nitrogen and oxygen atoms in total. The number of hydrogen-bond acceptors (Lipinski definition) is 5. The number of methoxy groups -OCH3 is 1. The largest absolute Gasteiger partial charge is 0.462 e. The third kappa shape index (κ3) is 5.34. The fourth-order valence-electron chi connectivity index (χ4n) is 3.09. The van der Waals surface area contributed by atoms with E-state index in [9.17, 15) is 9.18 Å². The third-order valence-electron chi connectivity index (χ3n) is 4.40. The number of halogens is 1. The number of hydrogen-bond donors (Lipinski definition) is 0. The van der Waals surface area contributed by atoms with Crippen molar-refractivity contribution in [1.82, 2.24) is 4.98 Å². The van der Waals surface area contributed by atoms with Gasteiger partial charge in [0, 0.05) is 25.3 Å². The molecule has 1 aromatic heterocycles. The van der Waals surface area contributed by atoms with Gasteiger partial charge in [0.15, 0.2) is 0 Å². The molecule has 0 aliphatic heterocycles. The van der Waals surface area contributed by atoms with Crippen LogP contribution in [-0.4, -0.2) is 30.3 Å². The summed E-state index contributed by atoms with van der Waals surface area (Å²) in [5, 5.41) is 2.80. The average molecular weight is 363 g/mol. The molecule has 0 bridgehead atoms. The van der Waals surface area contributed by atoms with Crippen molar-refractivity contribution in [1.29, 1.82) is 0 Å². The van der Waals surface area contributed by atoms with Crippen LogP contribution in [0.2, 0.25) is 0 Å². The second-order valence-corrected chi connectivity index (χ2v) is 7.29. The lowest BCUT2D eigenvalue weighted by atomic mass is 9.95. The lowest BCUT2D eigenvalue weighted by Crippen LogP contribution is -2.29. The zero-order chi connectivity index (χ0) is 17.6. The average Bonchev–Trinajstić information content (AvgIpc) is 3.04. The van der Waals surface area contributed by atoms with E-state index in [1.54, 1.807) is 19.2 Å². The van der Waals surface area contributed by atoms with E-state index in [1.807, 2.05) is 5.38 Å². The van der Waals surface area contributed by atoms with Crippen LogP contribution in [0.3, 0.4) is 0 Å². The normalized spacial score (nSPS) is 20.4. The molecule has 25 heavy (non-hydrogen) atoms. The molecule has 2 aromatic rings. The molecule has 0 unspecified atom stereocenters. The van der Waals surface area contributed by atoms with E-state index in [4.69, 9.17) is 9.47 Å². The molecule has 1 heterocycles. The van der Waals surface area contributed by atoms with E-state index in [0.29, 0.717) is 6.42 Å². The first-order valence-corrected chi connectivity index (χ1v) is 9.40. The monoisotopic (exact) mass is 363 g/mol. The summed E-state index contributed by atoms with van der Waals surface area (Å²) in [5.74, 6) is -0.481. The molecule has 0 saturated heterocycles. The number of aromatic nitrogens is 1. The van der Waals surface area contributed by atoms with Gasteiger partial charge in [0.2, 0.25) is 0 Å². The van der Waals surface area contributed by atoms with Crippen LogP contribution in [-0.2, 0) is 27.1 Å². The predicted octanol–water partition coefficient (Wildman–Crippen LogP) is 3.92. The maximum absolute atomic E-state index is 12.9. The summed E-state index contributed by atoms with van der Waals surface area (Å²) >= 11 is 1.51. The minimum absolute atomic E-state index is 0.0523. The van der Waals surface area contributed by atoms with Crippen molar-refractivity contribution in [2.75, 3.05) is 7.11 Å². The minimum Gasteiger partial charge on any atom is -0.462 e. The zero-order valence-electron chi connectivity index (χ0n) is 14.2. The van der Waals surface area contributed by atoms with E-state index >= 15 is 0 Å². The molecule has 1 aromatic carbocycles. The van der Waals surface area contributed by atoms with Crippen LogP contribution >= 0.6 is 11.3 Å². The highest BCUT2D eigenvalue weighted by Crippen LogP contribution is 2.23. The molecular formula is C19H22FNO3S. The molecule has 3 rings (SSSR count). The van der Waals surface area contributed by atoms with Gasteiger partial charge in [-0.25, -0.2) is 9.37 Å². The SMILES string of the molecule is CO[C@H]1CCC[C@H](OC(=O)Cc2csc(Cc3ccc(F)cc3)n2)C1. The molecule has 1 fully saturated rings. The molecule has 6 heteroatoms. The van der Waals surface area contributed by atoms with Crippen molar-refractivity contribution in [3.05, 3.63) is 51.7 Å². The fraction of sp³-hybridized carbons (Fsp3) is 0.474. The van der Waals surface area contributed by atoms with E-state index in [2.05, 4.69) is 4.98 Å². The fourth-order valence-corrected chi connectivity index (χ4v) is 3.91. The Morgan fingerprint density at radius 2 is 2.04 bits per heavy atom. The first-order chi connectivity index (χ1) is 12.1. The molecule has 1 aliphatic carbocycles. The van der Waals surface area contributed by atoms with Gasteiger partial charge in [-0.3, -0.25) is 4.79 Å². The summed E-state index contributed by atoms with van der Waals surface area (Å²) < 4.78 is 23.9. The maximum atomic E-state index is 12.9. The van der Waals surface area contributed by atoms with E-state index in [-0.39, 0.29) is 30.4 Å². The van der Waals surface area contributed by atoms with Gasteiger partial charge in [-0.15, -0.1) is 11.3 Å². The van der Waals surface area contributed by atoms with Gasteiger partial charge in [0.1, 0.15) is 11.9 Å². The van der Waals surface area contributed by atoms with Gasteiger partial charge in [0.25, 0.3) is 0 Å². The highest BCUT2D eigenvalue weighted by atomic mass is 32.1. The Balaban J connectivity index is 1.50. The Morgan fingerprint density at radius 3 is 2.80 bits per heavy atom. The number of carbonyl (C=O) groups is 1. The Hall–Kier alpha value is -1.79. The number of benzene rings is 1. The highest BCUT2D eigenvalue weighted by Gasteiger charge is 2.24. The first-order valence-electron chi connectivity index (χ1n) is 8.52. The van der Waals surface area contributed by atoms with Crippen molar-refractivity contribution in [2.45, 2.75) is 50.7 Å². The van der Waals surface area contributed by atoms with Crippen molar-refractivity contribution in [2.24, 2.45) is 0 Å². The van der Waals surface area contributed by atoms with Gasteiger partial charge in [-0.1, -0.05) is 12.1 Å². The summed E-state index contributed by atoms with van der Waals surface area (Å²) in [6.45, 7) is 0. The van der Waals surface area contributed by atoms with E-state index in [0.717, 1.165) is 41.9 Å².